The standard InChI is InChI=1S/C14H25F2O7P/c1-4-6-8-12(17)20-10-22-24(19,14(3,15)16)23-11-21-13(18)9-7-5-2/h4-11H2,1-3H3. The van der Waals surface area contributed by atoms with E-state index < -0.39 is 38.8 Å². The molecule has 0 N–H and O–H groups in total. The lowest BCUT2D eigenvalue weighted by Crippen LogP contribution is -2.19. The molecule has 0 aliphatic rings. The molecule has 0 aliphatic carbocycles. The Balaban J connectivity index is 4.40. The van der Waals surface area contributed by atoms with Crippen LogP contribution in [-0.2, 0) is 32.7 Å². The highest BCUT2D eigenvalue weighted by Crippen LogP contribution is 2.61. The summed E-state index contributed by atoms with van der Waals surface area (Å²) in [7, 11) is -4.96. The summed E-state index contributed by atoms with van der Waals surface area (Å²) >= 11 is 0. The SMILES string of the molecule is CCCCC(=O)OCOP(=O)(OCOC(=O)CCCC)C(C)(F)F. The van der Waals surface area contributed by atoms with Crippen molar-refractivity contribution in [1.82, 2.24) is 0 Å². The number of carbonyl (C=O) groups is 2. The first kappa shape index (κ1) is 22.9. The molecule has 7 nitrogen and oxygen atoms in total. The van der Waals surface area contributed by atoms with Gasteiger partial charge >= 0.3 is 25.2 Å². The molecule has 0 bridgehead atoms. The Morgan fingerprint density at radius 3 is 1.58 bits per heavy atom. The summed E-state index contributed by atoms with van der Waals surface area (Å²) in [6.45, 7) is 2.20. The van der Waals surface area contributed by atoms with Gasteiger partial charge in [-0.15, -0.1) is 0 Å². The van der Waals surface area contributed by atoms with Gasteiger partial charge in [0.05, 0.1) is 0 Å². The molecule has 0 atom stereocenters. The third-order valence-corrected chi connectivity index (χ3v) is 4.69. The predicted molar refractivity (Wildman–Crippen MR) is 81.4 cm³/mol. The van der Waals surface area contributed by atoms with E-state index in [4.69, 9.17) is 0 Å². The van der Waals surface area contributed by atoms with E-state index in [1.54, 1.807) is 0 Å². The lowest BCUT2D eigenvalue weighted by atomic mass is 10.3. The summed E-state index contributed by atoms with van der Waals surface area (Å²) in [6.07, 6.45) is 2.86. The molecule has 0 aromatic rings. The van der Waals surface area contributed by atoms with Gasteiger partial charge in [-0.25, -0.2) is 0 Å². The Morgan fingerprint density at radius 1 is 0.917 bits per heavy atom. The molecule has 0 spiro atoms. The van der Waals surface area contributed by atoms with Crippen molar-refractivity contribution in [2.45, 2.75) is 65.0 Å². The first-order valence-corrected chi connectivity index (χ1v) is 9.28. The van der Waals surface area contributed by atoms with Gasteiger partial charge < -0.3 is 9.47 Å². The number of carbonyl (C=O) groups excluding carboxylic acids is 2. The molecular formula is C14H25F2O7P. The summed E-state index contributed by atoms with van der Waals surface area (Å²) in [4.78, 5) is 22.5. The summed E-state index contributed by atoms with van der Waals surface area (Å²) < 4.78 is 56.9. The summed E-state index contributed by atoms with van der Waals surface area (Å²) in [5.41, 5.74) is -3.85. The lowest BCUT2D eigenvalue weighted by Gasteiger charge is -2.23. The molecule has 142 valence electrons. The van der Waals surface area contributed by atoms with Gasteiger partial charge in [0.25, 0.3) is 0 Å². The van der Waals surface area contributed by atoms with Crippen molar-refractivity contribution < 1.29 is 41.5 Å². The van der Waals surface area contributed by atoms with Crippen LogP contribution in [0.3, 0.4) is 0 Å². The maximum absolute atomic E-state index is 13.4. The summed E-state index contributed by atoms with van der Waals surface area (Å²) in [5.74, 6) is -1.32. The fourth-order valence-corrected chi connectivity index (χ4v) is 2.28. The van der Waals surface area contributed by atoms with Crippen LogP contribution in [-0.4, -0.2) is 31.2 Å². The largest absolute Gasteiger partial charge is 0.438 e. The molecule has 0 unspecified atom stereocenters. The van der Waals surface area contributed by atoms with Crippen molar-refractivity contribution >= 4 is 19.5 Å². The van der Waals surface area contributed by atoms with E-state index in [2.05, 4.69) is 18.5 Å². The molecule has 0 fully saturated rings. The lowest BCUT2D eigenvalue weighted by molar-refractivity contribution is -0.153. The monoisotopic (exact) mass is 374 g/mol. The highest BCUT2D eigenvalue weighted by atomic mass is 31.2. The Hall–Kier alpha value is -1.05. The highest BCUT2D eigenvalue weighted by Gasteiger charge is 2.50. The van der Waals surface area contributed by atoms with Crippen molar-refractivity contribution in [3.8, 4) is 0 Å². The van der Waals surface area contributed by atoms with Crippen molar-refractivity contribution in [2.75, 3.05) is 13.6 Å². The first-order chi connectivity index (χ1) is 11.2. The second kappa shape index (κ2) is 11.5. The molecular weight excluding hydrogens is 349 g/mol. The fraction of sp³-hybridized carbons (Fsp3) is 0.857. The van der Waals surface area contributed by atoms with Crippen molar-refractivity contribution in [2.24, 2.45) is 0 Å². The zero-order chi connectivity index (χ0) is 18.6. The van der Waals surface area contributed by atoms with E-state index in [-0.39, 0.29) is 12.8 Å². The van der Waals surface area contributed by atoms with Gasteiger partial charge in [-0.2, -0.15) is 8.78 Å². The third-order valence-electron chi connectivity index (χ3n) is 2.83. The van der Waals surface area contributed by atoms with E-state index in [1.807, 2.05) is 13.8 Å². The quantitative estimate of drug-likeness (QED) is 0.271. The van der Waals surface area contributed by atoms with Gasteiger partial charge in [-0.1, -0.05) is 26.7 Å². The van der Waals surface area contributed by atoms with Crippen LogP contribution < -0.4 is 0 Å². The molecule has 0 aromatic carbocycles. The highest BCUT2D eigenvalue weighted by molar-refractivity contribution is 7.55. The van der Waals surface area contributed by atoms with Gasteiger partial charge in [0.15, 0.2) is 0 Å². The minimum absolute atomic E-state index is 0.0998. The van der Waals surface area contributed by atoms with Crippen LogP contribution in [0.15, 0.2) is 0 Å². The van der Waals surface area contributed by atoms with E-state index in [0.717, 1.165) is 12.8 Å². The van der Waals surface area contributed by atoms with Crippen LogP contribution in [0.1, 0.15) is 59.3 Å². The van der Waals surface area contributed by atoms with E-state index in [0.29, 0.717) is 19.8 Å². The maximum Gasteiger partial charge on any atom is 0.405 e. The number of halogens is 2. The van der Waals surface area contributed by atoms with Crippen LogP contribution in [0, 0.1) is 0 Å². The number of esters is 2. The van der Waals surface area contributed by atoms with Crippen LogP contribution in [0.25, 0.3) is 0 Å². The van der Waals surface area contributed by atoms with Gasteiger partial charge in [0.2, 0.25) is 13.6 Å². The molecule has 0 amide bonds. The average molecular weight is 374 g/mol. The number of rotatable bonds is 13. The molecule has 24 heavy (non-hydrogen) atoms. The van der Waals surface area contributed by atoms with Gasteiger partial charge in [0.1, 0.15) is 0 Å². The molecule has 0 aromatic heterocycles. The number of hydrogen-bond acceptors (Lipinski definition) is 7. The smallest absolute Gasteiger partial charge is 0.405 e. The Kier molecular flexibility index (Phi) is 11.0. The Labute approximate surface area is 140 Å². The summed E-state index contributed by atoms with van der Waals surface area (Å²) in [5, 5.41) is 0. The molecule has 0 radical (unpaired) electrons. The zero-order valence-electron chi connectivity index (χ0n) is 14.2. The van der Waals surface area contributed by atoms with Crippen LogP contribution in [0.2, 0.25) is 0 Å². The minimum Gasteiger partial charge on any atom is -0.438 e. The number of alkyl halides is 2. The Morgan fingerprint density at radius 2 is 1.29 bits per heavy atom. The number of unbranched alkanes of at least 4 members (excludes halogenated alkanes) is 2. The van der Waals surface area contributed by atoms with Gasteiger partial charge in [-0.05, 0) is 12.8 Å². The molecule has 0 saturated carbocycles. The molecule has 0 heterocycles. The van der Waals surface area contributed by atoms with E-state index in [1.165, 1.54) is 0 Å². The second-order valence-electron chi connectivity index (χ2n) is 5.07. The van der Waals surface area contributed by atoms with Crippen LogP contribution in [0.4, 0.5) is 8.78 Å². The molecule has 0 aliphatic heterocycles. The minimum atomic E-state index is -4.96. The maximum atomic E-state index is 13.4. The van der Waals surface area contributed by atoms with Crippen molar-refractivity contribution in [3.05, 3.63) is 0 Å². The van der Waals surface area contributed by atoms with E-state index >= 15 is 0 Å². The van der Waals surface area contributed by atoms with Crippen molar-refractivity contribution in [3.63, 3.8) is 0 Å². The molecule has 0 rings (SSSR count). The van der Waals surface area contributed by atoms with Gasteiger partial charge in [0, 0.05) is 19.8 Å². The zero-order valence-corrected chi connectivity index (χ0v) is 15.1. The van der Waals surface area contributed by atoms with E-state index in [9.17, 15) is 22.9 Å². The summed E-state index contributed by atoms with van der Waals surface area (Å²) in [6, 6.07) is 0. The second-order valence-corrected chi connectivity index (χ2v) is 7.37. The number of hydrogen-bond donors (Lipinski definition) is 0. The Bertz CT molecular complexity index is 407. The topological polar surface area (TPSA) is 88.1 Å². The normalized spacial score (nSPS) is 12.0. The average Bonchev–Trinajstić information content (AvgIpc) is 2.49. The van der Waals surface area contributed by atoms with Gasteiger partial charge in [-0.3, -0.25) is 23.2 Å². The molecule has 10 heteroatoms. The van der Waals surface area contributed by atoms with Crippen LogP contribution >= 0.6 is 7.60 Å². The molecule has 0 saturated heterocycles. The predicted octanol–water partition coefficient (Wildman–Crippen LogP) is 4.21. The van der Waals surface area contributed by atoms with Crippen LogP contribution in [0.5, 0.6) is 0 Å². The first-order valence-electron chi connectivity index (χ1n) is 7.74. The fourth-order valence-electron chi connectivity index (χ4n) is 1.37. The third kappa shape index (κ3) is 9.30. The number of ether oxygens (including phenoxy) is 2. The van der Waals surface area contributed by atoms with Crippen molar-refractivity contribution in [1.29, 1.82) is 0 Å².